The highest BCUT2D eigenvalue weighted by atomic mass is 16.4. The van der Waals surface area contributed by atoms with Crippen LogP contribution in [0.2, 0.25) is 0 Å². The summed E-state index contributed by atoms with van der Waals surface area (Å²) in [6, 6.07) is -0.890. The number of aliphatic carboxylic acids is 1. The molecule has 0 saturated carbocycles. The first-order valence-electron chi connectivity index (χ1n) is 4.42. The third-order valence-corrected chi connectivity index (χ3v) is 1.42. The Balaban J connectivity index is 3.54. The van der Waals surface area contributed by atoms with E-state index in [4.69, 9.17) is 10.8 Å². The number of amides is 1. The summed E-state index contributed by atoms with van der Waals surface area (Å²) >= 11 is 0. The maximum Gasteiger partial charge on any atom is 0.321 e. The summed E-state index contributed by atoms with van der Waals surface area (Å²) in [5.41, 5.74) is 5.21. The fourth-order valence-electron chi connectivity index (χ4n) is 0.802. The highest BCUT2D eigenvalue weighted by Gasteiger charge is 2.11. The van der Waals surface area contributed by atoms with Crippen molar-refractivity contribution in [2.24, 2.45) is 5.73 Å². The normalized spacial score (nSPS) is 12.6. The van der Waals surface area contributed by atoms with Gasteiger partial charge in [0.25, 0.3) is 0 Å². The van der Waals surface area contributed by atoms with Crippen molar-refractivity contribution in [1.82, 2.24) is 10.6 Å². The molecule has 0 fully saturated rings. The number of nitrogens with one attached hydrogen (secondary N) is 2. The Kier molecular flexibility index (Phi) is 5.82. The largest absolute Gasteiger partial charge is 0.480 e. The van der Waals surface area contributed by atoms with E-state index in [2.05, 4.69) is 10.6 Å². The fraction of sp³-hybridized carbons (Fsp3) is 0.750. The van der Waals surface area contributed by atoms with Crippen molar-refractivity contribution in [2.45, 2.75) is 25.9 Å². The topological polar surface area (TPSA) is 104 Å². The molecule has 0 bridgehead atoms. The SMILES string of the molecule is CC(C)NC(=O)CNCC(N)C(=O)O. The maximum atomic E-state index is 11.0. The van der Waals surface area contributed by atoms with Crippen LogP contribution in [-0.2, 0) is 9.59 Å². The summed E-state index contributed by atoms with van der Waals surface area (Å²) in [5, 5.41) is 13.7. The second-order valence-corrected chi connectivity index (χ2v) is 3.30. The summed E-state index contributed by atoms with van der Waals surface area (Å²) in [6.45, 7) is 3.86. The van der Waals surface area contributed by atoms with Crippen LogP contribution in [0.15, 0.2) is 0 Å². The van der Waals surface area contributed by atoms with Gasteiger partial charge in [-0.1, -0.05) is 0 Å². The number of hydrogen-bond acceptors (Lipinski definition) is 4. The lowest BCUT2D eigenvalue weighted by atomic mass is 10.3. The smallest absolute Gasteiger partial charge is 0.321 e. The quantitative estimate of drug-likeness (QED) is 0.421. The van der Waals surface area contributed by atoms with Gasteiger partial charge in [0.05, 0.1) is 6.54 Å². The number of carbonyl (C=O) groups excluding carboxylic acids is 1. The standard InChI is InChI=1S/C8H17N3O3/c1-5(2)11-7(12)4-10-3-6(9)8(13)14/h5-6,10H,3-4,9H2,1-2H3,(H,11,12)(H,13,14). The van der Waals surface area contributed by atoms with Gasteiger partial charge < -0.3 is 21.5 Å². The van der Waals surface area contributed by atoms with Crippen molar-refractivity contribution in [1.29, 1.82) is 0 Å². The molecule has 0 radical (unpaired) electrons. The first kappa shape index (κ1) is 12.9. The summed E-state index contributed by atoms with van der Waals surface area (Å²) in [4.78, 5) is 21.3. The molecule has 1 amide bonds. The van der Waals surface area contributed by atoms with E-state index in [1.165, 1.54) is 0 Å². The number of carboxylic acid groups (broad SMARTS) is 1. The molecule has 0 spiro atoms. The van der Waals surface area contributed by atoms with E-state index in [0.717, 1.165) is 0 Å². The third kappa shape index (κ3) is 6.38. The van der Waals surface area contributed by atoms with E-state index in [0.29, 0.717) is 0 Å². The summed E-state index contributed by atoms with van der Waals surface area (Å²) < 4.78 is 0. The summed E-state index contributed by atoms with van der Waals surface area (Å²) in [5.74, 6) is -1.25. The predicted octanol–water partition coefficient (Wildman–Crippen LogP) is -1.49. The Labute approximate surface area is 82.9 Å². The van der Waals surface area contributed by atoms with Crippen molar-refractivity contribution in [3.63, 3.8) is 0 Å². The molecule has 1 atom stereocenters. The van der Waals surface area contributed by atoms with Crippen LogP contribution in [0.3, 0.4) is 0 Å². The van der Waals surface area contributed by atoms with Gasteiger partial charge in [0.15, 0.2) is 0 Å². The molecule has 82 valence electrons. The molecule has 0 aromatic carbocycles. The third-order valence-electron chi connectivity index (χ3n) is 1.42. The molecule has 0 aromatic rings. The lowest BCUT2D eigenvalue weighted by Gasteiger charge is -2.10. The zero-order valence-corrected chi connectivity index (χ0v) is 8.41. The molecule has 1 unspecified atom stereocenters. The van der Waals surface area contributed by atoms with Crippen LogP contribution < -0.4 is 16.4 Å². The van der Waals surface area contributed by atoms with Crippen LogP contribution in [0.4, 0.5) is 0 Å². The highest BCUT2D eigenvalue weighted by molar-refractivity contribution is 5.78. The minimum absolute atomic E-state index is 0.0810. The number of hydrogen-bond donors (Lipinski definition) is 4. The molecular formula is C8H17N3O3. The molecular weight excluding hydrogens is 186 g/mol. The van der Waals surface area contributed by atoms with Crippen molar-refractivity contribution >= 4 is 11.9 Å². The Bertz CT molecular complexity index is 206. The first-order valence-corrected chi connectivity index (χ1v) is 4.42. The average Bonchev–Trinajstić information content (AvgIpc) is 2.02. The molecule has 0 rings (SSSR count). The Morgan fingerprint density at radius 2 is 2.00 bits per heavy atom. The number of rotatable bonds is 6. The average molecular weight is 203 g/mol. The van der Waals surface area contributed by atoms with Crippen LogP contribution in [0, 0.1) is 0 Å². The van der Waals surface area contributed by atoms with Crippen molar-refractivity contribution in [3.05, 3.63) is 0 Å². The lowest BCUT2D eigenvalue weighted by Crippen LogP contribution is -2.44. The van der Waals surface area contributed by atoms with Gasteiger partial charge >= 0.3 is 5.97 Å². The summed E-state index contributed by atoms with van der Waals surface area (Å²) in [6.07, 6.45) is 0. The van der Waals surface area contributed by atoms with E-state index < -0.39 is 12.0 Å². The monoisotopic (exact) mass is 203 g/mol. The molecule has 0 aliphatic heterocycles. The van der Waals surface area contributed by atoms with Crippen LogP contribution >= 0.6 is 0 Å². The molecule has 6 heteroatoms. The van der Waals surface area contributed by atoms with Crippen molar-refractivity contribution < 1.29 is 14.7 Å². The number of carbonyl (C=O) groups is 2. The van der Waals surface area contributed by atoms with Gasteiger partial charge in [0.2, 0.25) is 5.91 Å². The molecule has 6 nitrogen and oxygen atoms in total. The molecule has 5 N–H and O–H groups in total. The number of nitrogens with two attached hydrogens (primary N) is 1. The van der Waals surface area contributed by atoms with Gasteiger partial charge in [0.1, 0.15) is 6.04 Å². The number of carboxylic acids is 1. The van der Waals surface area contributed by atoms with Crippen LogP contribution in [0.5, 0.6) is 0 Å². The Hall–Kier alpha value is -1.14. The highest BCUT2D eigenvalue weighted by Crippen LogP contribution is 1.77. The second kappa shape index (κ2) is 6.33. The molecule has 0 aliphatic rings. The molecule has 0 saturated heterocycles. The molecule has 0 heterocycles. The van der Waals surface area contributed by atoms with E-state index in [1.54, 1.807) is 0 Å². The Morgan fingerprint density at radius 1 is 1.43 bits per heavy atom. The van der Waals surface area contributed by atoms with E-state index in [9.17, 15) is 9.59 Å². The van der Waals surface area contributed by atoms with Gasteiger partial charge in [-0.15, -0.1) is 0 Å². The van der Waals surface area contributed by atoms with Gasteiger partial charge in [-0.25, -0.2) is 0 Å². The van der Waals surface area contributed by atoms with Gasteiger partial charge in [-0.05, 0) is 13.8 Å². The molecule has 14 heavy (non-hydrogen) atoms. The van der Waals surface area contributed by atoms with Crippen LogP contribution in [0.25, 0.3) is 0 Å². The van der Waals surface area contributed by atoms with Gasteiger partial charge in [0, 0.05) is 12.6 Å². The zero-order chi connectivity index (χ0) is 11.1. The van der Waals surface area contributed by atoms with Crippen LogP contribution in [0.1, 0.15) is 13.8 Å². The maximum absolute atomic E-state index is 11.0. The minimum Gasteiger partial charge on any atom is -0.480 e. The molecule has 0 aliphatic carbocycles. The van der Waals surface area contributed by atoms with E-state index in [-0.39, 0.29) is 25.0 Å². The minimum atomic E-state index is -1.08. The van der Waals surface area contributed by atoms with E-state index >= 15 is 0 Å². The van der Waals surface area contributed by atoms with Gasteiger partial charge in [-0.2, -0.15) is 0 Å². The second-order valence-electron chi connectivity index (χ2n) is 3.30. The van der Waals surface area contributed by atoms with Crippen LogP contribution in [-0.4, -0.2) is 42.2 Å². The van der Waals surface area contributed by atoms with E-state index in [1.807, 2.05) is 13.8 Å². The predicted molar refractivity (Wildman–Crippen MR) is 51.8 cm³/mol. The Morgan fingerprint density at radius 3 is 2.43 bits per heavy atom. The van der Waals surface area contributed by atoms with Crippen molar-refractivity contribution in [3.8, 4) is 0 Å². The zero-order valence-electron chi connectivity index (χ0n) is 8.41. The van der Waals surface area contributed by atoms with Crippen molar-refractivity contribution in [2.75, 3.05) is 13.1 Å². The summed E-state index contributed by atoms with van der Waals surface area (Å²) in [7, 11) is 0. The first-order chi connectivity index (χ1) is 6.43. The lowest BCUT2D eigenvalue weighted by molar-refractivity contribution is -0.138. The fourth-order valence-corrected chi connectivity index (χ4v) is 0.802. The van der Waals surface area contributed by atoms with Gasteiger partial charge in [-0.3, -0.25) is 9.59 Å². The molecule has 0 aromatic heterocycles.